The Labute approximate surface area is 196 Å². The smallest absolute Gasteiger partial charge is 0.234 e. The quantitative estimate of drug-likeness (QED) is 0.359. The molecule has 3 aromatic carbocycles. The number of nitrogens with one attached hydrogen (secondary N) is 1. The molecule has 33 heavy (non-hydrogen) atoms. The molecule has 1 amide bonds. The molecule has 0 radical (unpaired) electrons. The summed E-state index contributed by atoms with van der Waals surface area (Å²) in [6.07, 6.45) is 0. The normalized spacial score (nSPS) is 10.6. The fourth-order valence-electron chi connectivity index (χ4n) is 3.25. The Balaban J connectivity index is 1.34. The summed E-state index contributed by atoms with van der Waals surface area (Å²) in [5, 5.41) is 12.0. The Morgan fingerprint density at radius 3 is 2.55 bits per heavy atom. The first-order chi connectivity index (χ1) is 16.0. The summed E-state index contributed by atoms with van der Waals surface area (Å²) in [6, 6.07) is 22.8. The maximum Gasteiger partial charge on any atom is 0.234 e. The van der Waals surface area contributed by atoms with E-state index in [1.165, 1.54) is 11.8 Å². The topological polar surface area (TPSA) is 78.3 Å². The molecule has 0 saturated carbocycles. The fourth-order valence-corrected chi connectivity index (χ4v) is 3.96. The van der Waals surface area contributed by atoms with Crippen LogP contribution in [0.3, 0.4) is 0 Å². The van der Waals surface area contributed by atoms with Crippen LogP contribution in [0.15, 0.2) is 78.0 Å². The van der Waals surface area contributed by atoms with Crippen molar-refractivity contribution in [1.82, 2.24) is 14.8 Å². The third-order valence-corrected chi connectivity index (χ3v) is 5.90. The number of anilines is 1. The van der Waals surface area contributed by atoms with Gasteiger partial charge in [0, 0.05) is 12.7 Å². The summed E-state index contributed by atoms with van der Waals surface area (Å²) in [5.74, 6) is 2.96. The number of amides is 1. The molecule has 4 rings (SSSR count). The number of thioether (sulfide) groups is 1. The van der Waals surface area contributed by atoms with Crippen LogP contribution in [0, 0.1) is 6.92 Å². The highest BCUT2D eigenvalue weighted by Gasteiger charge is 2.16. The summed E-state index contributed by atoms with van der Waals surface area (Å²) in [4.78, 5) is 12.4. The van der Waals surface area contributed by atoms with Crippen LogP contribution in [0.1, 0.15) is 5.56 Å². The molecule has 168 valence electrons. The molecule has 0 spiro atoms. The van der Waals surface area contributed by atoms with Gasteiger partial charge < -0.3 is 19.4 Å². The summed E-state index contributed by atoms with van der Waals surface area (Å²) < 4.78 is 13.1. The lowest BCUT2D eigenvalue weighted by Gasteiger charge is -2.09. The Kier molecular flexibility index (Phi) is 6.95. The zero-order valence-corrected chi connectivity index (χ0v) is 19.4. The number of benzene rings is 3. The van der Waals surface area contributed by atoms with Crippen molar-refractivity contribution < 1.29 is 14.3 Å². The van der Waals surface area contributed by atoms with Crippen molar-refractivity contribution >= 4 is 23.4 Å². The van der Waals surface area contributed by atoms with E-state index < -0.39 is 0 Å². The molecule has 0 unspecified atom stereocenters. The molecular weight excluding hydrogens is 436 g/mol. The Morgan fingerprint density at radius 1 is 1.00 bits per heavy atom. The first kappa shape index (κ1) is 22.4. The van der Waals surface area contributed by atoms with E-state index in [0.29, 0.717) is 22.4 Å². The lowest BCUT2D eigenvalue weighted by molar-refractivity contribution is -0.113. The second-order valence-electron chi connectivity index (χ2n) is 7.35. The van der Waals surface area contributed by atoms with Crippen LogP contribution >= 0.6 is 11.8 Å². The maximum atomic E-state index is 12.4. The van der Waals surface area contributed by atoms with Crippen molar-refractivity contribution in [3.63, 3.8) is 0 Å². The lowest BCUT2D eigenvalue weighted by atomic mass is 10.2. The third-order valence-electron chi connectivity index (χ3n) is 4.88. The van der Waals surface area contributed by atoms with Gasteiger partial charge in [0.15, 0.2) is 11.0 Å². The summed E-state index contributed by atoms with van der Waals surface area (Å²) in [7, 11) is 3.49. The van der Waals surface area contributed by atoms with Crippen molar-refractivity contribution in [2.24, 2.45) is 7.05 Å². The third kappa shape index (κ3) is 5.53. The predicted octanol–water partition coefficient (Wildman–Crippen LogP) is 5.32. The van der Waals surface area contributed by atoms with Crippen LogP contribution in [0.25, 0.3) is 11.4 Å². The first-order valence-corrected chi connectivity index (χ1v) is 11.3. The number of nitrogens with zero attached hydrogens (tertiary/aromatic N) is 3. The van der Waals surface area contributed by atoms with E-state index in [4.69, 9.17) is 9.47 Å². The monoisotopic (exact) mass is 460 g/mol. The first-order valence-electron chi connectivity index (χ1n) is 10.3. The largest absolute Gasteiger partial charge is 0.496 e. The molecule has 1 N–H and O–H groups in total. The van der Waals surface area contributed by atoms with Gasteiger partial charge in [-0.2, -0.15) is 0 Å². The SMILES string of the molecule is COc1ccccc1-c1nnc(SCC(=O)Nc2ccc(Oc3cccc(C)c3)cc2)n1C. The zero-order chi connectivity index (χ0) is 23.2. The van der Waals surface area contributed by atoms with Crippen LogP contribution in [-0.4, -0.2) is 33.5 Å². The molecular formula is C25H24N4O3S. The van der Waals surface area contributed by atoms with Crippen LogP contribution in [0.4, 0.5) is 5.69 Å². The van der Waals surface area contributed by atoms with E-state index in [0.717, 1.165) is 22.6 Å². The van der Waals surface area contributed by atoms with Gasteiger partial charge in [-0.1, -0.05) is 36.0 Å². The van der Waals surface area contributed by atoms with E-state index in [-0.39, 0.29) is 11.7 Å². The average Bonchev–Trinajstić information content (AvgIpc) is 3.19. The highest BCUT2D eigenvalue weighted by Crippen LogP contribution is 2.30. The van der Waals surface area contributed by atoms with Crippen molar-refractivity contribution in [1.29, 1.82) is 0 Å². The molecule has 0 saturated heterocycles. The highest BCUT2D eigenvalue weighted by atomic mass is 32.2. The molecule has 0 aliphatic carbocycles. The number of aryl methyl sites for hydroxylation is 1. The molecule has 7 nitrogen and oxygen atoms in total. The van der Waals surface area contributed by atoms with Crippen molar-refractivity contribution in [2.45, 2.75) is 12.1 Å². The Morgan fingerprint density at radius 2 is 1.79 bits per heavy atom. The highest BCUT2D eigenvalue weighted by molar-refractivity contribution is 7.99. The van der Waals surface area contributed by atoms with Crippen LogP contribution < -0.4 is 14.8 Å². The molecule has 0 bridgehead atoms. The van der Waals surface area contributed by atoms with E-state index in [1.54, 1.807) is 7.11 Å². The Bertz CT molecular complexity index is 1250. The number of para-hydroxylation sites is 1. The van der Waals surface area contributed by atoms with Gasteiger partial charge in [-0.25, -0.2) is 0 Å². The van der Waals surface area contributed by atoms with E-state index in [1.807, 2.05) is 91.3 Å². The van der Waals surface area contributed by atoms with Crippen molar-refractivity contribution in [3.05, 3.63) is 78.4 Å². The van der Waals surface area contributed by atoms with Crippen molar-refractivity contribution in [3.8, 4) is 28.6 Å². The van der Waals surface area contributed by atoms with Gasteiger partial charge in [-0.05, 0) is 61.0 Å². The van der Waals surface area contributed by atoms with Gasteiger partial charge in [-0.15, -0.1) is 10.2 Å². The number of rotatable bonds is 8. The van der Waals surface area contributed by atoms with Gasteiger partial charge in [0.05, 0.1) is 18.4 Å². The van der Waals surface area contributed by atoms with Crippen LogP contribution in [-0.2, 0) is 11.8 Å². The molecule has 0 atom stereocenters. The minimum absolute atomic E-state index is 0.130. The zero-order valence-electron chi connectivity index (χ0n) is 18.6. The van der Waals surface area contributed by atoms with E-state index in [9.17, 15) is 4.79 Å². The van der Waals surface area contributed by atoms with Gasteiger partial charge in [0.25, 0.3) is 0 Å². The van der Waals surface area contributed by atoms with Gasteiger partial charge in [-0.3, -0.25) is 4.79 Å². The van der Waals surface area contributed by atoms with Gasteiger partial charge in [0.2, 0.25) is 5.91 Å². The standard InChI is InChI=1S/C25H24N4O3S/c1-17-7-6-8-20(15-17)32-19-13-11-18(12-14-19)26-23(30)16-33-25-28-27-24(29(25)2)21-9-4-5-10-22(21)31-3/h4-15H,16H2,1-3H3,(H,26,30). The number of aromatic nitrogens is 3. The average molecular weight is 461 g/mol. The summed E-state index contributed by atoms with van der Waals surface area (Å²) >= 11 is 1.32. The molecule has 0 aliphatic rings. The number of carbonyl (C=O) groups is 1. The van der Waals surface area contributed by atoms with Crippen molar-refractivity contribution in [2.75, 3.05) is 18.2 Å². The summed E-state index contributed by atoms with van der Waals surface area (Å²) in [6.45, 7) is 2.02. The number of methoxy groups -OCH3 is 1. The molecule has 1 heterocycles. The number of ether oxygens (including phenoxy) is 2. The lowest BCUT2D eigenvalue weighted by Crippen LogP contribution is -2.14. The second kappa shape index (κ2) is 10.2. The van der Waals surface area contributed by atoms with Crippen LogP contribution in [0.5, 0.6) is 17.2 Å². The number of hydrogen-bond acceptors (Lipinski definition) is 6. The number of hydrogen-bond donors (Lipinski definition) is 1. The Hall–Kier alpha value is -3.78. The maximum absolute atomic E-state index is 12.4. The minimum Gasteiger partial charge on any atom is -0.496 e. The number of carbonyl (C=O) groups excluding carboxylic acids is 1. The molecule has 1 aromatic heterocycles. The molecule has 4 aromatic rings. The minimum atomic E-state index is -0.130. The van der Waals surface area contributed by atoms with Gasteiger partial charge in [0.1, 0.15) is 17.2 Å². The van der Waals surface area contributed by atoms with E-state index >= 15 is 0 Å². The second-order valence-corrected chi connectivity index (χ2v) is 8.29. The molecule has 0 fully saturated rings. The molecule has 8 heteroatoms. The fraction of sp³-hybridized carbons (Fsp3) is 0.160. The molecule has 0 aliphatic heterocycles. The van der Waals surface area contributed by atoms with Crippen LogP contribution in [0.2, 0.25) is 0 Å². The van der Waals surface area contributed by atoms with Gasteiger partial charge >= 0.3 is 0 Å². The van der Waals surface area contributed by atoms with E-state index in [2.05, 4.69) is 15.5 Å². The summed E-state index contributed by atoms with van der Waals surface area (Å²) in [5.41, 5.74) is 2.68. The predicted molar refractivity (Wildman–Crippen MR) is 130 cm³/mol.